The molecule has 2 amide bonds. The van der Waals surface area contributed by atoms with E-state index < -0.39 is 29.7 Å². The largest absolute Gasteiger partial charge is 0.390 e. The summed E-state index contributed by atoms with van der Waals surface area (Å²) < 4.78 is 33.3. The maximum atomic E-state index is 14.0. The average molecular weight is 594 g/mol. The molecule has 3 atom stereocenters. The number of nitrogens with one attached hydrogen (secondary N) is 2. The number of ether oxygens (including phenoxy) is 1. The van der Waals surface area contributed by atoms with Gasteiger partial charge in [0.15, 0.2) is 0 Å². The van der Waals surface area contributed by atoms with Crippen molar-refractivity contribution in [1.82, 2.24) is 15.5 Å². The lowest BCUT2D eigenvalue weighted by Crippen LogP contribution is -2.48. The van der Waals surface area contributed by atoms with Crippen molar-refractivity contribution in [3.8, 4) is 0 Å². The topological polar surface area (TPSA) is 90.9 Å². The predicted octanol–water partition coefficient (Wildman–Crippen LogP) is 4.58. The molecule has 230 valence electrons. The van der Waals surface area contributed by atoms with E-state index in [-0.39, 0.29) is 30.5 Å². The van der Waals surface area contributed by atoms with Crippen LogP contribution in [-0.4, -0.2) is 66.8 Å². The molecule has 1 fully saturated rings. The van der Waals surface area contributed by atoms with Crippen LogP contribution in [0.3, 0.4) is 0 Å². The van der Waals surface area contributed by atoms with Gasteiger partial charge in [0.25, 0.3) is 11.8 Å². The standard InChI is InChI=1S/C34H41F2N3O4/c1-4-23-7-5-8-24(13-23)19-37-20-32(40)31(16-25-14-28(35)18-29(36)15-25)38-33(41)26-11-22(2)12-27(17-26)34(42)39-10-6-9-30(39)21-43-3/h5,7-8,11-15,17-18,30-32,37,40H,4,6,9-10,16,19-21H2,1-3H3,(H,38,41)/t30-,31+,32-/m1/s1. The van der Waals surface area contributed by atoms with Crippen LogP contribution < -0.4 is 10.6 Å². The molecule has 0 saturated carbocycles. The minimum Gasteiger partial charge on any atom is -0.390 e. The smallest absolute Gasteiger partial charge is 0.254 e. The molecule has 0 spiro atoms. The van der Waals surface area contributed by atoms with Crippen molar-refractivity contribution < 1.29 is 28.2 Å². The van der Waals surface area contributed by atoms with E-state index in [2.05, 4.69) is 29.7 Å². The second-order valence-corrected chi connectivity index (χ2v) is 11.3. The number of hydrogen-bond donors (Lipinski definition) is 3. The van der Waals surface area contributed by atoms with Gasteiger partial charge in [-0.1, -0.05) is 31.2 Å². The van der Waals surface area contributed by atoms with E-state index in [1.165, 1.54) is 17.7 Å². The number of halogens is 2. The minimum absolute atomic E-state index is 0.00132. The van der Waals surface area contributed by atoms with Gasteiger partial charge in [0, 0.05) is 43.9 Å². The van der Waals surface area contributed by atoms with Crippen LogP contribution >= 0.6 is 0 Å². The van der Waals surface area contributed by atoms with Crippen molar-refractivity contribution in [3.05, 3.63) is 106 Å². The fourth-order valence-corrected chi connectivity index (χ4v) is 5.66. The third-order valence-corrected chi connectivity index (χ3v) is 7.82. The second-order valence-electron chi connectivity index (χ2n) is 11.3. The first kappa shape index (κ1) is 32.3. The summed E-state index contributed by atoms with van der Waals surface area (Å²) in [5.41, 5.74) is 3.95. The molecule has 3 aromatic carbocycles. The highest BCUT2D eigenvalue weighted by molar-refractivity contribution is 6.00. The van der Waals surface area contributed by atoms with Crippen LogP contribution in [0.15, 0.2) is 60.7 Å². The van der Waals surface area contributed by atoms with Gasteiger partial charge in [-0.2, -0.15) is 0 Å². The van der Waals surface area contributed by atoms with E-state index in [9.17, 15) is 23.5 Å². The Labute approximate surface area is 252 Å². The highest BCUT2D eigenvalue weighted by Gasteiger charge is 2.30. The molecule has 0 bridgehead atoms. The Morgan fingerprint density at radius 1 is 1.02 bits per heavy atom. The first-order valence-corrected chi connectivity index (χ1v) is 14.8. The van der Waals surface area contributed by atoms with Crippen molar-refractivity contribution in [2.75, 3.05) is 26.8 Å². The summed E-state index contributed by atoms with van der Waals surface area (Å²) in [6, 6.07) is 15.4. The Morgan fingerprint density at radius 2 is 1.74 bits per heavy atom. The number of likely N-dealkylation sites (tertiary alicyclic amines) is 1. The maximum absolute atomic E-state index is 14.0. The minimum atomic E-state index is -1.07. The van der Waals surface area contributed by atoms with Crippen molar-refractivity contribution in [1.29, 1.82) is 0 Å². The van der Waals surface area contributed by atoms with Crippen molar-refractivity contribution in [2.45, 2.75) is 64.3 Å². The lowest BCUT2D eigenvalue weighted by atomic mass is 9.99. The van der Waals surface area contributed by atoms with Crippen LogP contribution in [0.5, 0.6) is 0 Å². The first-order chi connectivity index (χ1) is 20.7. The van der Waals surface area contributed by atoms with Crippen LogP contribution in [0.1, 0.15) is 62.7 Å². The first-order valence-electron chi connectivity index (χ1n) is 14.8. The summed E-state index contributed by atoms with van der Waals surface area (Å²) in [6.45, 7) is 5.59. The molecule has 1 aliphatic rings. The Bertz CT molecular complexity index is 1400. The van der Waals surface area contributed by atoms with E-state index in [4.69, 9.17) is 4.74 Å². The summed E-state index contributed by atoms with van der Waals surface area (Å²) in [5, 5.41) is 17.3. The molecule has 3 N–H and O–H groups in total. The number of aliphatic hydroxyl groups excluding tert-OH is 1. The van der Waals surface area contributed by atoms with Crippen molar-refractivity contribution in [2.24, 2.45) is 0 Å². The zero-order valence-electron chi connectivity index (χ0n) is 25.0. The van der Waals surface area contributed by atoms with E-state index in [0.29, 0.717) is 30.8 Å². The summed E-state index contributed by atoms with van der Waals surface area (Å²) >= 11 is 0. The van der Waals surface area contributed by atoms with Crippen LogP contribution in [0.25, 0.3) is 0 Å². The Morgan fingerprint density at radius 3 is 2.47 bits per heavy atom. The van der Waals surface area contributed by atoms with Gasteiger partial charge in [-0.05, 0) is 85.2 Å². The van der Waals surface area contributed by atoms with Crippen molar-refractivity contribution in [3.63, 3.8) is 0 Å². The van der Waals surface area contributed by atoms with Gasteiger partial charge in [-0.25, -0.2) is 8.78 Å². The molecule has 43 heavy (non-hydrogen) atoms. The molecular formula is C34H41F2N3O4. The van der Waals surface area contributed by atoms with Crippen LogP contribution in [0, 0.1) is 18.6 Å². The number of rotatable bonds is 13. The number of carbonyl (C=O) groups excluding carboxylic acids is 2. The van der Waals surface area contributed by atoms with Crippen molar-refractivity contribution >= 4 is 11.8 Å². The summed E-state index contributed by atoms with van der Waals surface area (Å²) in [6.07, 6.45) is 1.58. The van der Waals surface area contributed by atoms with Gasteiger partial charge in [-0.15, -0.1) is 0 Å². The second kappa shape index (κ2) is 15.2. The molecular weight excluding hydrogens is 552 g/mol. The zero-order chi connectivity index (χ0) is 30.9. The van der Waals surface area contributed by atoms with Gasteiger partial charge in [0.2, 0.25) is 0 Å². The van der Waals surface area contributed by atoms with Gasteiger partial charge in [0.05, 0.1) is 24.8 Å². The molecule has 3 aromatic rings. The van der Waals surface area contributed by atoms with E-state index in [1.807, 2.05) is 19.1 Å². The number of methoxy groups -OCH3 is 1. The average Bonchev–Trinajstić information content (AvgIpc) is 3.44. The lowest BCUT2D eigenvalue weighted by Gasteiger charge is -2.26. The fourth-order valence-electron chi connectivity index (χ4n) is 5.66. The number of aryl methyl sites for hydroxylation is 2. The fraction of sp³-hybridized carbons (Fsp3) is 0.412. The van der Waals surface area contributed by atoms with E-state index in [1.54, 1.807) is 30.2 Å². The van der Waals surface area contributed by atoms with Gasteiger partial charge < -0.3 is 25.4 Å². The van der Waals surface area contributed by atoms with Crippen LogP contribution in [-0.2, 0) is 24.1 Å². The third kappa shape index (κ3) is 8.92. The van der Waals surface area contributed by atoms with Gasteiger partial charge >= 0.3 is 0 Å². The van der Waals surface area contributed by atoms with Gasteiger partial charge in [-0.3, -0.25) is 9.59 Å². The number of carbonyl (C=O) groups is 2. The van der Waals surface area contributed by atoms with E-state index in [0.717, 1.165) is 36.5 Å². The zero-order valence-corrected chi connectivity index (χ0v) is 25.0. The summed E-state index contributed by atoms with van der Waals surface area (Å²) in [5.74, 6) is -2.14. The highest BCUT2D eigenvalue weighted by Crippen LogP contribution is 2.22. The SMILES string of the molecule is CCc1cccc(CNC[C@@H](O)[C@H](Cc2cc(F)cc(F)c2)NC(=O)c2cc(C)cc(C(=O)N3CCC[C@@H]3COC)c2)c1. The molecule has 0 unspecified atom stereocenters. The number of aliphatic hydroxyl groups is 1. The quantitative estimate of drug-likeness (QED) is 0.270. The summed E-state index contributed by atoms with van der Waals surface area (Å²) in [7, 11) is 1.61. The molecule has 0 aliphatic carbocycles. The molecule has 9 heteroatoms. The Kier molecular flexibility index (Phi) is 11.4. The number of nitrogens with zero attached hydrogens (tertiary/aromatic N) is 1. The molecule has 1 saturated heterocycles. The number of benzene rings is 3. The summed E-state index contributed by atoms with van der Waals surface area (Å²) in [4.78, 5) is 28.7. The monoisotopic (exact) mass is 593 g/mol. The lowest BCUT2D eigenvalue weighted by molar-refractivity contribution is 0.0630. The molecule has 1 heterocycles. The Balaban J connectivity index is 1.51. The third-order valence-electron chi connectivity index (χ3n) is 7.82. The maximum Gasteiger partial charge on any atom is 0.254 e. The molecule has 1 aliphatic heterocycles. The van der Waals surface area contributed by atoms with Crippen LogP contribution in [0.4, 0.5) is 8.78 Å². The number of amides is 2. The predicted molar refractivity (Wildman–Crippen MR) is 162 cm³/mol. The Hall–Kier alpha value is -3.66. The van der Waals surface area contributed by atoms with Crippen LogP contribution in [0.2, 0.25) is 0 Å². The molecule has 4 rings (SSSR count). The number of hydrogen-bond acceptors (Lipinski definition) is 5. The molecule has 7 nitrogen and oxygen atoms in total. The normalized spacial score (nSPS) is 16.2. The molecule has 0 aromatic heterocycles. The highest BCUT2D eigenvalue weighted by atomic mass is 19.1. The molecule has 0 radical (unpaired) electrons. The van der Waals surface area contributed by atoms with Gasteiger partial charge in [0.1, 0.15) is 11.6 Å². The van der Waals surface area contributed by atoms with E-state index >= 15 is 0 Å².